The van der Waals surface area contributed by atoms with Gasteiger partial charge in [-0.3, -0.25) is 4.79 Å². The fourth-order valence-electron chi connectivity index (χ4n) is 2.49. The summed E-state index contributed by atoms with van der Waals surface area (Å²) in [4.78, 5) is 25.5. The van der Waals surface area contributed by atoms with Crippen molar-refractivity contribution in [3.05, 3.63) is 67.0 Å². The maximum absolute atomic E-state index is 12.5. The van der Waals surface area contributed by atoms with E-state index in [2.05, 4.69) is 0 Å². The molecule has 0 atom stereocenters. The van der Waals surface area contributed by atoms with Crippen LogP contribution in [-0.2, 0) is 6.42 Å². The van der Waals surface area contributed by atoms with E-state index in [1.165, 1.54) is 22.7 Å². The second kappa shape index (κ2) is 6.89. The minimum Gasteiger partial charge on any atom is -0.478 e. The summed E-state index contributed by atoms with van der Waals surface area (Å²) in [5.74, 6) is -1.07. The van der Waals surface area contributed by atoms with Gasteiger partial charge in [-0.05, 0) is 47.0 Å². The summed E-state index contributed by atoms with van der Waals surface area (Å²) in [6, 6.07) is 8.90. The minimum absolute atomic E-state index is 0.0468. The molecule has 0 radical (unpaired) electrons. The van der Waals surface area contributed by atoms with Gasteiger partial charge in [0.15, 0.2) is 5.78 Å². The first-order valence-corrected chi connectivity index (χ1v) is 9.28. The van der Waals surface area contributed by atoms with E-state index in [4.69, 9.17) is 11.6 Å². The van der Waals surface area contributed by atoms with Crippen LogP contribution >= 0.6 is 34.3 Å². The van der Waals surface area contributed by atoms with Crippen LogP contribution in [0, 0.1) is 6.92 Å². The first-order chi connectivity index (χ1) is 11.5. The third-order valence-electron chi connectivity index (χ3n) is 3.67. The quantitative estimate of drug-likeness (QED) is 0.593. The summed E-state index contributed by atoms with van der Waals surface area (Å²) in [5.41, 5.74) is 2.52. The first-order valence-electron chi connectivity index (χ1n) is 7.14. The number of halogens is 1. The number of carbonyl (C=O) groups excluding carboxylic acids is 1. The van der Waals surface area contributed by atoms with Crippen LogP contribution in [0.2, 0.25) is 5.02 Å². The number of aryl methyl sites for hydroxylation is 1. The van der Waals surface area contributed by atoms with Crippen LogP contribution < -0.4 is 0 Å². The number of Topliss-reactive ketones (excluding diaryl/α,β-unsaturated/α-hetero) is 1. The fourth-order valence-corrected chi connectivity index (χ4v) is 4.52. The molecule has 0 aliphatic carbocycles. The lowest BCUT2D eigenvalue weighted by Gasteiger charge is -2.04. The van der Waals surface area contributed by atoms with Gasteiger partial charge >= 0.3 is 5.97 Å². The van der Waals surface area contributed by atoms with Gasteiger partial charge in [-0.2, -0.15) is 0 Å². The van der Waals surface area contributed by atoms with Crippen molar-refractivity contribution in [1.82, 2.24) is 0 Å². The van der Waals surface area contributed by atoms with Gasteiger partial charge < -0.3 is 5.11 Å². The van der Waals surface area contributed by atoms with Crippen molar-refractivity contribution in [2.24, 2.45) is 0 Å². The van der Waals surface area contributed by atoms with Gasteiger partial charge in [-0.1, -0.05) is 23.7 Å². The highest BCUT2D eigenvalue weighted by atomic mass is 35.5. The maximum atomic E-state index is 12.5. The molecule has 3 aromatic rings. The van der Waals surface area contributed by atoms with Crippen LogP contribution in [0.15, 0.2) is 41.1 Å². The molecule has 0 amide bonds. The SMILES string of the molecule is Cc1ccsc1C(=O)Cc1scc(-c2ccc(Cl)cc2)c1C(=O)O. The molecule has 122 valence electrons. The van der Waals surface area contributed by atoms with E-state index in [9.17, 15) is 14.7 Å². The summed E-state index contributed by atoms with van der Waals surface area (Å²) in [6.45, 7) is 1.88. The molecule has 2 heterocycles. The molecular weight excluding hydrogens is 364 g/mol. The summed E-state index contributed by atoms with van der Waals surface area (Å²) in [5, 5.41) is 13.9. The number of hydrogen-bond acceptors (Lipinski definition) is 4. The molecule has 0 bridgehead atoms. The van der Waals surface area contributed by atoms with Crippen LogP contribution in [0.5, 0.6) is 0 Å². The summed E-state index contributed by atoms with van der Waals surface area (Å²) in [7, 11) is 0. The van der Waals surface area contributed by atoms with Gasteiger partial charge in [0, 0.05) is 21.9 Å². The summed E-state index contributed by atoms with van der Waals surface area (Å²) < 4.78 is 0. The van der Waals surface area contributed by atoms with Crippen LogP contribution in [0.3, 0.4) is 0 Å². The van der Waals surface area contributed by atoms with E-state index in [-0.39, 0.29) is 17.8 Å². The molecule has 0 saturated heterocycles. The average molecular weight is 377 g/mol. The Balaban J connectivity index is 1.98. The van der Waals surface area contributed by atoms with Gasteiger partial charge in [-0.25, -0.2) is 4.79 Å². The highest BCUT2D eigenvalue weighted by Crippen LogP contribution is 2.33. The number of carbonyl (C=O) groups is 2. The number of benzene rings is 1. The predicted molar refractivity (Wildman–Crippen MR) is 98.8 cm³/mol. The van der Waals surface area contributed by atoms with Gasteiger partial charge in [0.2, 0.25) is 0 Å². The molecule has 0 unspecified atom stereocenters. The molecule has 0 aliphatic heterocycles. The van der Waals surface area contributed by atoms with Crippen molar-refractivity contribution in [2.45, 2.75) is 13.3 Å². The van der Waals surface area contributed by atoms with Gasteiger partial charge in [0.25, 0.3) is 0 Å². The molecule has 24 heavy (non-hydrogen) atoms. The van der Waals surface area contributed by atoms with Crippen molar-refractivity contribution >= 4 is 46.0 Å². The summed E-state index contributed by atoms with van der Waals surface area (Å²) in [6.07, 6.45) is 0.0985. The first kappa shape index (κ1) is 16.9. The molecular formula is C18H13ClO3S2. The number of rotatable bonds is 5. The monoisotopic (exact) mass is 376 g/mol. The highest BCUT2D eigenvalue weighted by molar-refractivity contribution is 7.12. The van der Waals surface area contributed by atoms with Crippen molar-refractivity contribution in [2.75, 3.05) is 0 Å². The Kier molecular flexibility index (Phi) is 4.85. The molecule has 0 aliphatic rings. The maximum Gasteiger partial charge on any atom is 0.337 e. The Labute approximate surface area is 152 Å². The van der Waals surface area contributed by atoms with E-state index in [0.717, 1.165) is 11.1 Å². The second-order valence-corrected chi connectivity index (χ2v) is 7.61. The van der Waals surface area contributed by atoms with E-state index in [0.29, 0.717) is 20.3 Å². The standard InChI is InChI=1S/C18H13ClO3S2/c1-10-6-7-23-17(10)14(20)8-15-16(18(21)22)13(9-24-15)11-2-4-12(19)5-3-11/h2-7,9H,8H2,1H3,(H,21,22). The van der Waals surface area contributed by atoms with Crippen molar-refractivity contribution in [3.63, 3.8) is 0 Å². The van der Waals surface area contributed by atoms with Crippen LogP contribution in [0.1, 0.15) is 30.5 Å². The number of aromatic carboxylic acids is 1. The average Bonchev–Trinajstić information content (AvgIpc) is 3.14. The Morgan fingerprint density at radius 2 is 1.83 bits per heavy atom. The van der Waals surface area contributed by atoms with E-state index in [1.54, 1.807) is 29.6 Å². The van der Waals surface area contributed by atoms with Gasteiger partial charge in [0.1, 0.15) is 0 Å². The number of carboxylic acid groups (broad SMARTS) is 1. The fraction of sp³-hybridized carbons (Fsp3) is 0.111. The zero-order valence-corrected chi connectivity index (χ0v) is 15.1. The van der Waals surface area contributed by atoms with Crippen LogP contribution in [0.4, 0.5) is 0 Å². The minimum atomic E-state index is -1.02. The molecule has 1 N–H and O–H groups in total. The Bertz CT molecular complexity index is 907. The third-order valence-corrected chi connectivity index (χ3v) is 5.97. The molecule has 2 aromatic heterocycles. The Hall–Kier alpha value is -1.95. The number of hydrogen-bond donors (Lipinski definition) is 1. The van der Waals surface area contributed by atoms with Crippen LogP contribution in [-0.4, -0.2) is 16.9 Å². The molecule has 0 spiro atoms. The zero-order valence-electron chi connectivity index (χ0n) is 12.7. The molecule has 3 nitrogen and oxygen atoms in total. The topological polar surface area (TPSA) is 54.4 Å². The Morgan fingerprint density at radius 3 is 2.42 bits per heavy atom. The number of thiophene rings is 2. The highest BCUT2D eigenvalue weighted by Gasteiger charge is 2.22. The molecule has 1 aromatic carbocycles. The molecule has 0 fully saturated rings. The predicted octanol–water partition coefficient (Wildman–Crippen LogP) is 5.56. The van der Waals surface area contributed by atoms with Crippen molar-refractivity contribution in [3.8, 4) is 11.1 Å². The lowest BCUT2D eigenvalue weighted by molar-refractivity contribution is 0.0697. The van der Waals surface area contributed by atoms with E-state index in [1.807, 2.05) is 18.4 Å². The third kappa shape index (κ3) is 3.29. The zero-order chi connectivity index (χ0) is 17.3. The lowest BCUT2D eigenvalue weighted by atomic mass is 10.0. The summed E-state index contributed by atoms with van der Waals surface area (Å²) >= 11 is 8.58. The number of ketones is 1. The van der Waals surface area contributed by atoms with Crippen molar-refractivity contribution < 1.29 is 14.7 Å². The van der Waals surface area contributed by atoms with Gasteiger partial charge in [0.05, 0.1) is 10.4 Å². The normalized spacial score (nSPS) is 10.8. The van der Waals surface area contributed by atoms with E-state index < -0.39 is 5.97 Å². The van der Waals surface area contributed by atoms with Gasteiger partial charge in [-0.15, -0.1) is 22.7 Å². The van der Waals surface area contributed by atoms with Crippen LogP contribution in [0.25, 0.3) is 11.1 Å². The second-order valence-electron chi connectivity index (χ2n) is 5.29. The molecule has 6 heteroatoms. The molecule has 0 saturated carbocycles. The smallest absolute Gasteiger partial charge is 0.337 e. The number of carboxylic acids is 1. The lowest BCUT2D eigenvalue weighted by Crippen LogP contribution is -2.07. The van der Waals surface area contributed by atoms with E-state index >= 15 is 0 Å². The molecule has 3 rings (SSSR count). The van der Waals surface area contributed by atoms with Crippen molar-refractivity contribution in [1.29, 1.82) is 0 Å². The Morgan fingerprint density at radius 1 is 1.12 bits per heavy atom. The largest absolute Gasteiger partial charge is 0.478 e.